The summed E-state index contributed by atoms with van der Waals surface area (Å²) in [5.41, 5.74) is 1.03. The maximum Gasteiger partial charge on any atom is 0.277 e. The van der Waals surface area contributed by atoms with Crippen molar-refractivity contribution in [1.29, 1.82) is 0 Å². The van der Waals surface area contributed by atoms with Gasteiger partial charge < -0.3 is 4.52 Å². The molecule has 0 saturated heterocycles. The Hall–Kier alpha value is -2.80. The molecule has 0 saturated carbocycles. The summed E-state index contributed by atoms with van der Waals surface area (Å²) in [4.78, 5) is 13.4. The Morgan fingerprint density at radius 1 is 1.18 bits per heavy atom. The molecule has 0 atom stereocenters. The first-order valence-electron chi connectivity index (χ1n) is 6.63. The molecule has 0 fully saturated rings. The molecule has 3 heterocycles. The molecule has 0 amide bonds. The standard InChI is InChI=1S/C15H10N4O2S/c20-15-11-4-1-2-5-12(11)16-18-19(15)9-10-8-13(21-17-10)14-6-3-7-22-14/h1-8H,9H2. The van der Waals surface area contributed by atoms with E-state index in [-0.39, 0.29) is 12.1 Å². The summed E-state index contributed by atoms with van der Waals surface area (Å²) in [6.45, 7) is 0.228. The lowest BCUT2D eigenvalue weighted by molar-refractivity contribution is 0.418. The van der Waals surface area contributed by atoms with Gasteiger partial charge in [0, 0.05) is 6.07 Å². The predicted octanol–water partition coefficient (Wildman–Crippen LogP) is 2.56. The monoisotopic (exact) mass is 310 g/mol. The number of rotatable bonds is 3. The minimum absolute atomic E-state index is 0.189. The first kappa shape index (κ1) is 12.9. The lowest BCUT2D eigenvalue weighted by Crippen LogP contribution is -2.24. The lowest BCUT2D eigenvalue weighted by atomic mass is 10.2. The first-order valence-corrected chi connectivity index (χ1v) is 7.51. The van der Waals surface area contributed by atoms with Gasteiger partial charge in [0.2, 0.25) is 0 Å². The molecule has 7 heteroatoms. The minimum atomic E-state index is -0.189. The van der Waals surface area contributed by atoms with Crippen LogP contribution in [0.3, 0.4) is 0 Å². The van der Waals surface area contributed by atoms with Crippen molar-refractivity contribution in [3.05, 3.63) is 63.9 Å². The van der Waals surface area contributed by atoms with Crippen LogP contribution in [-0.2, 0) is 6.54 Å². The van der Waals surface area contributed by atoms with Crippen molar-refractivity contribution in [3.63, 3.8) is 0 Å². The van der Waals surface area contributed by atoms with Crippen molar-refractivity contribution >= 4 is 22.2 Å². The SMILES string of the molecule is O=c1c2ccccc2nnn1Cc1cc(-c2cccs2)on1. The Bertz CT molecular complexity index is 988. The molecule has 4 rings (SSSR count). The van der Waals surface area contributed by atoms with Crippen molar-refractivity contribution in [2.75, 3.05) is 0 Å². The van der Waals surface area contributed by atoms with E-state index in [2.05, 4.69) is 15.5 Å². The lowest BCUT2D eigenvalue weighted by Gasteiger charge is -2.01. The Balaban J connectivity index is 1.69. The third-order valence-corrected chi connectivity index (χ3v) is 4.15. The van der Waals surface area contributed by atoms with Crippen LogP contribution in [-0.4, -0.2) is 20.2 Å². The molecule has 1 aromatic carbocycles. The number of fused-ring (bicyclic) bond motifs is 1. The average molecular weight is 310 g/mol. The molecule has 3 aromatic heterocycles. The quantitative estimate of drug-likeness (QED) is 0.581. The Labute approximate surface area is 128 Å². The van der Waals surface area contributed by atoms with Crippen molar-refractivity contribution < 1.29 is 4.52 Å². The van der Waals surface area contributed by atoms with Gasteiger partial charge in [-0.3, -0.25) is 4.79 Å². The van der Waals surface area contributed by atoms with E-state index in [9.17, 15) is 4.79 Å². The Kier molecular flexibility index (Phi) is 3.05. The molecule has 0 N–H and O–H groups in total. The van der Waals surface area contributed by atoms with E-state index in [0.717, 1.165) is 4.88 Å². The number of nitrogens with zero attached hydrogens (tertiary/aromatic N) is 4. The fourth-order valence-corrected chi connectivity index (χ4v) is 2.87. The molecule has 0 radical (unpaired) electrons. The van der Waals surface area contributed by atoms with E-state index in [1.807, 2.05) is 29.6 Å². The maximum absolute atomic E-state index is 12.4. The van der Waals surface area contributed by atoms with Crippen LogP contribution in [0.1, 0.15) is 5.69 Å². The first-order chi connectivity index (χ1) is 10.8. The molecule has 0 aliphatic heterocycles. The number of aromatic nitrogens is 4. The number of thiophene rings is 1. The average Bonchev–Trinajstić information content (AvgIpc) is 3.21. The van der Waals surface area contributed by atoms with Crippen molar-refractivity contribution in [3.8, 4) is 10.6 Å². The van der Waals surface area contributed by atoms with Crippen LogP contribution >= 0.6 is 11.3 Å². The van der Waals surface area contributed by atoms with Crippen LogP contribution in [0, 0.1) is 0 Å². The van der Waals surface area contributed by atoms with Crippen molar-refractivity contribution in [2.45, 2.75) is 6.54 Å². The molecule has 6 nitrogen and oxygen atoms in total. The minimum Gasteiger partial charge on any atom is -0.355 e. The molecular weight excluding hydrogens is 300 g/mol. The molecule has 22 heavy (non-hydrogen) atoms. The van der Waals surface area contributed by atoms with E-state index in [0.29, 0.717) is 22.4 Å². The summed E-state index contributed by atoms with van der Waals surface area (Å²) in [6, 6.07) is 12.8. The van der Waals surface area contributed by atoms with Gasteiger partial charge in [0.15, 0.2) is 5.76 Å². The van der Waals surface area contributed by atoms with E-state index in [1.54, 1.807) is 29.5 Å². The van der Waals surface area contributed by atoms with Gasteiger partial charge in [-0.25, -0.2) is 4.68 Å². The topological polar surface area (TPSA) is 73.8 Å². The summed E-state index contributed by atoms with van der Waals surface area (Å²) >= 11 is 1.57. The zero-order chi connectivity index (χ0) is 14.9. The van der Waals surface area contributed by atoms with Crippen LogP contribution in [0.4, 0.5) is 0 Å². The molecule has 0 aliphatic carbocycles. The second-order valence-corrected chi connectivity index (χ2v) is 5.68. The van der Waals surface area contributed by atoms with E-state index < -0.39 is 0 Å². The van der Waals surface area contributed by atoms with Crippen LogP contribution in [0.15, 0.2) is 57.2 Å². The molecule has 0 bridgehead atoms. The molecule has 108 valence electrons. The fourth-order valence-electron chi connectivity index (χ4n) is 2.20. The largest absolute Gasteiger partial charge is 0.355 e. The zero-order valence-electron chi connectivity index (χ0n) is 11.3. The fraction of sp³-hybridized carbons (Fsp3) is 0.0667. The molecule has 4 aromatic rings. The van der Waals surface area contributed by atoms with E-state index >= 15 is 0 Å². The van der Waals surface area contributed by atoms with E-state index in [1.165, 1.54) is 4.68 Å². The zero-order valence-corrected chi connectivity index (χ0v) is 12.2. The molecule has 0 spiro atoms. The van der Waals surface area contributed by atoms with Gasteiger partial charge in [0.1, 0.15) is 11.2 Å². The summed E-state index contributed by atoms with van der Waals surface area (Å²) in [5, 5.41) is 14.5. The summed E-state index contributed by atoms with van der Waals surface area (Å²) in [5.74, 6) is 0.687. The van der Waals surface area contributed by atoms with Gasteiger partial charge in [-0.2, -0.15) is 0 Å². The summed E-state index contributed by atoms with van der Waals surface area (Å²) in [7, 11) is 0. The number of benzene rings is 1. The smallest absolute Gasteiger partial charge is 0.277 e. The molecule has 0 aliphatic rings. The molecular formula is C15H10N4O2S. The summed E-state index contributed by atoms with van der Waals surface area (Å²) in [6.07, 6.45) is 0. The normalized spacial score (nSPS) is 11.1. The van der Waals surface area contributed by atoms with Gasteiger partial charge >= 0.3 is 0 Å². The van der Waals surface area contributed by atoms with Gasteiger partial charge in [-0.15, -0.1) is 16.4 Å². The highest BCUT2D eigenvalue weighted by Crippen LogP contribution is 2.25. The highest BCUT2D eigenvalue weighted by Gasteiger charge is 2.11. The van der Waals surface area contributed by atoms with Crippen LogP contribution < -0.4 is 5.56 Å². The highest BCUT2D eigenvalue weighted by molar-refractivity contribution is 7.13. The van der Waals surface area contributed by atoms with Gasteiger partial charge in [-0.1, -0.05) is 28.6 Å². The van der Waals surface area contributed by atoms with Gasteiger partial charge in [0.05, 0.1) is 16.8 Å². The summed E-state index contributed by atoms with van der Waals surface area (Å²) < 4.78 is 6.60. The highest BCUT2D eigenvalue weighted by atomic mass is 32.1. The van der Waals surface area contributed by atoms with Crippen LogP contribution in [0.25, 0.3) is 21.5 Å². The Morgan fingerprint density at radius 3 is 2.95 bits per heavy atom. The molecule has 0 unspecified atom stereocenters. The van der Waals surface area contributed by atoms with Crippen LogP contribution in [0.5, 0.6) is 0 Å². The predicted molar refractivity (Wildman–Crippen MR) is 82.7 cm³/mol. The number of hydrogen-bond donors (Lipinski definition) is 0. The number of hydrogen-bond acceptors (Lipinski definition) is 6. The van der Waals surface area contributed by atoms with Crippen molar-refractivity contribution in [1.82, 2.24) is 20.2 Å². The third-order valence-electron chi connectivity index (χ3n) is 3.26. The van der Waals surface area contributed by atoms with Gasteiger partial charge in [-0.05, 0) is 23.6 Å². The van der Waals surface area contributed by atoms with Gasteiger partial charge in [0.25, 0.3) is 5.56 Å². The Morgan fingerprint density at radius 2 is 2.09 bits per heavy atom. The maximum atomic E-state index is 12.4. The second kappa shape index (κ2) is 5.19. The van der Waals surface area contributed by atoms with Crippen molar-refractivity contribution in [2.24, 2.45) is 0 Å². The second-order valence-electron chi connectivity index (χ2n) is 4.73. The third kappa shape index (κ3) is 2.21. The van der Waals surface area contributed by atoms with Crippen LogP contribution in [0.2, 0.25) is 0 Å². The van der Waals surface area contributed by atoms with E-state index in [4.69, 9.17) is 4.52 Å².